The van der Waals surface area contributed by atoms with Crippen molar-refractivity contribution in [1.82, 2.24) is 5.32 Å². The molecule has 1 heterocycles. The van der Waals surface area contributed by atoms with Crippen molar-refractivity contribution in [2.45, 2.75) is 18.6 Å². The van der Waals surface area contributed by atoms with Crippen LogP contribution >= 0.6 is 0 Å². The summed E-state index contributed by atoms with van der Waals surface area (Å²) in [6.45, 7) is 0. The van der Waals surface area contributed by atoms with Crippen molar-refractivity contribution in [3.05, 3.63) is 24.1 Å². The van der Waals surface area contributed by atoms with Crippen molar-refractivity contribution in [2.75, 3.05) is 0 Å². The van der Waals surface area contributed by atoms with Crippen LogP contribution in [0.2, 0.25) is 0 Å². The summed E-state index contributed by atoms with van der Waals surface area (Å²) in [6.07, 6.45) is -9.92. The van der Waals surface area contributed by atoms with E-state index >= 15 is 0 Å². The Balaban J connectivity index is 2.78. The maximum absolute atomic E-state index is 12.0. The lowest BCUT2D eigenvalue weighted by Crippen LogP contribution is -2.40. The third kappa shape index (κ3) is 4.17. The zero-order valence-corrected chi connectivity index (χ0v) is 9.21. The van der Waals surface area contributed by atoms with Crippen LogP contribution in [0.25, 0.3) is 0 Å². The fourth-order valence-corrected chi connectivity index (χ4v) is 0.974. The molecule has 0 amide bonds. The van der Waals surface area contributed by atoms with Crippen LogP contribution in [0.1, 0.15) is 0 Å². The van der Waals surface area contributed by atoms with Crippen molar-refractivity contribution < 1.29 is 45.4 Å². The van der Waals surface area contributed by atoms with Crippen LogP contribution in [0.3, 0.4) is 0 Å². The van der Waals surface area contributed by atoms with E-state index in [0.717, 1.165) is 18.4 Å². The molecular weight excluding hydrogens is 300 g/mol. The number of esters is 2. The van der Waals surface area contributed by atoms with Gasteiger partial charge in [-0.1, -0.05) is 0 Å². The molecule has 0 aromatic carbocycles. The SMILES string of the molecule is O=C(OC1=CC=CNC1OC(=O)C(F)(F)F)C(F)(F)F. The first-order valence-corrected chi connectivity index (χ1v) is 4.71. The molecule has 1 unspecified atom stereocenters. The summed E-state index contributed by atoms with van der Waals surface area (Å²) in [5, 5.41) is 1.99. The molecule has 0 radical (unpaired) electrons. The van der Waals surface area contributed by atoms with Gasteiger partial charge >= 0.3 is 24.3 Å². The average Bonchev–Trinajstić information content (AvgIpc) is 2.29. The van der Waals surface area contributed by atoms with E-state index in [1.54, 1.807) is 0 Å². The van der Waals surface area contributed by atoms with E-state index in [-0.39, 0.29) is 0 Å². The minimum Gasteiger partial charge on any atom is -0.427 e. The normalized spacial score (nSPS) is 18.9. The van der Waals surface area contributed by atoms with Gasteiger partial charge in [-0.2, -0.15) is 26.3 Å². The molecule has 1 N–H and O–H groups in total. The molecule has 0 bridgehead atoms. The summed E-state index contributed by atoms with van der Waals surface area (Å²) in [5.74, 6) is -6.25. The molecule has 0 aliphatic carbocycles. The predicted molar refractivity (Wildman–Crippen MR) is 48.4 cm³/mol. The molecule has 0 saturated heterocycles. The van der Waals surface area contributed by atoms with Crippen LogP contribution < -0.4 is 5.32 Å². The summed E-state index contributed by atoms with van der Waals surface area (Å²) in [6, 6.07) is 0. The molecule has 0 aromatic heterocycles. The van der Waals surface area contributed by atoms with Crippen LogP contribution in [-0.2, 0) is 19.1 Å². The number of dihydropyridines is 1. The summed E-state index contributed by atoms with van der Waals surface area (Å²) >= 11 is 0. The molecule has 5 nitrogen and oxygen atoms in total. The quantitative estimate of drug-likeness (QED) is 0.619. The highest BCUT2D eigenvalue weighted by Crippen LogP contribution is 2.23. The van der Waals surface area contributed by atoms with E-state index < -0.39 is 36.3 Å². The smallest absolute Gasteiger partial charge is 0.427 e. The van der Waals surface area contributed by atoms with Gasteiger partial charge in [-0.05, 0) is 12.2 Å². The Morgan fingerprint density at radius 1 is 1.05 bits per heavy atom. The third-order valence-corrected chi connectivity index (χ3v) is 1.76. The van der Waals surface area contributed by atoms with Gasteiger partial charge in [0.15, 0.2) is 5.76 Å². The number of hydrogen-bond acceptors (Lipinski definition) is 5. The maximum atomic E-state index is 12.0. The number of rotatable bonds is 2. The van der Waals surface area contributed by atoms with Gasteiger partial charge in [-0.25, -0.2) is 9.59 Å². The van der Waals surface area contributed by atoms with Crippen molar-refractivity contribution >= 4 is 11.9 Å². The van der Waals surface area contributed by atoms with Crippen molar-refractivity contribution in [3.63, 3.8) is 0 Å². The number of allylic oxidation sites excluding steroid dienone is 2. The first-order chi connectivity index (χ1) is 9.01. The number of carbonyl (C=O) groups is 2. The minimum atomic E-state index is -5.35. The van der Waals surface area contributed by atoms with E-state index in [9.17, 15) is 35.9 Å². The van der Waals surface area contributed by atoms with E-state index in [1.807, 2.05) is 5.32 Å². The van der Waals surface area contributed by atoms with Crippen LogP contribution in [0, 0.1) is 0 Å². The van der Waals surface area contributed by atoms with Gasteiger partial charge in [0, 0.05) is 6.20 Å². The van der Waals surface area contributed by atoms with E-state index in [0.29, 0.717) is 0 Å². The minimum absolute atomic E-state index is 0.745. The Bertz CT molecular complexity index is 464. The van der Waals surface area contributed by atoms with Gasteiger partial charge < -0.3 is 14.8 Å². The molecule has 0 spiro atoms. The van der Waals surface area contributed by atoms with Crippen molar-refractivity contribution in [3.8, 4) is 0 Å². The lowest BCUT2D eigenvalue weighted by atomic mass is 10.3. The number of alkyl halides is 6. The first kappa shape index (κ1) is 15.9. The maximum Gasteiger partial charge on any atom is 0.491 e. The second-order valence-electron chi connectivity index (χ2n) is 3.27. The summed E-state index contributed by atoms with van der Waals surface area (Å²) < 4.78 is 79.4. The Hall–Kier alpha value is -2.20. The molecule has 20 heavy (non-hydrogen) atoms. The lowest BCUT2D eigenvalue weighted by Gasteiger charge is -2.23. The van der Waals surface area contributed by atoms with Crippen LogP contribution in [0.5, 0.6) is 0 Å². The van der Waals surface area contributed by atoms with Crippen molar-refractivity contribution in [1.29, 1.82) is 0 Å². The topological polar surface area (TPSA) is 64.6 Å². The van der Waals surface area contributed by atoms with Gasteiger partial charge in [-0.15, -0.1) is 0 Å². The molecule has 0 aromatic rings. The second kappa shape index (κ2) is 5.43. The Morgan fingerprint density at radius 2 is 1.60 bits per heavy atom. The fraction of sp³-hybridized carbons (Fsp3) is 0.333. The van der Waals surface area contributed by atoms with E-state index in [1.165, 1.54) is 0 Å². The molecule has 112 valence electrons. The molecule has 0 saturated carbocycles. The molecule has 1 atom stereocenters. The number of halogens is 6. The van der Waals surface area contributed by atoms with E-state index in [4.69, 9.17) is 0 Å². The summed E-state index contributed by atoms with van der Waals surface area (Å²) in [5.41, 5.74) is 0. The molecular formula is C9H5F6NO4. The lowest BCUT2D eigenvalue weighted by molar-refractivity contribution is -0.209. The third-order valence-electron chi connectivity index (χ3n) is 1.76. The van der Waals surface area contributed by atoms with Crippen LogP contribution in [-0.4, -0.2) is 30.5 Å². The highest BCUT2D eigenvalue weighted by atomic mass is 19.4. The summed E-state index contributed by atoms with van der Waals surface area (Å²) in [7, 11) is 0. The molecule has 1 aliphatic heterocycles. The molecule has 1 rings (SSSR count). The number of nitrogens with one attached hydrogen (secondary N) is 1. The largest absolute Gasteiger partial charge is 0.491 e. The standard InChI is InChI=1S/C9H5F6NO4/c10-8(11,12)6(17)19-4-2-1-3-16-5(4)20-7(18)9(13,14)15/h1-3,5,16H. The first-order valence-electron chi connectivity index (χ1n) is 4.71. The Labute approximate surface area is 106 Å². The zero-order valence-electron chi connectivity index (χ0n) is 9.21. The monoisotopic (exact) mass is 305 g/mol. The van der Waals surface area contributed by atoms with Gasteiger partial charge in [0.05, 0.1) is 0 Å². The molecule has 0 fully saturated rings. The van der Waals surface area contributed by atoms with E-state index in [2.05, 4.69) is 9.47 Å². The Kier molecular flexibility index (Phi) is 4.30. The van der Waals surface area contributed by atoms with Crippen LogP contribution in [0.15, 0.2) is 24.1 Å². The van der Waals surface area contributed by atoms with Gasteiger partial charge in [0.1, 0.15) is 0 Å². The van der Waals surface area contributed by atoms with Crippen molar-refractivity contribution in [2.24, 2.45) is 0 Å². The van der Waals surface area contributed by atoms with Gasteiger partial charge in [0.25, 0.3) is 0 Å². The van der Waals surface area contributed by atoms with Crippen LogP contribution in [0.4, 0.5) is 26.3 Å². The molecule has 11 heteroatoms. The second-order valence-corrected chi connectivity index (χ2v) is 3.27. The number of hydrogen-bond donors (Lipinski definition) is 1. The fourth-order valence-electron chi connectivity index (χ4n) is 0.974. The number of carbonyl (C=O) groups excluding carboxylic acids is 2. The summed E-state index contributed by atoms with van der Waals surface area (Å²) in [4.78, 5) is 21.1. The molecule has 1 aliphatic rings. The average molecular weight is 305 g/mol. The Morgan fingerprint density at radius 3 is 2.10 bits per heavy atom. The zero-order chi connectivity index (χ0) is 15.6. The van der Waals surface area contributed by atoms with Gasteiger partial charge in [0.2, 0.25) is 6.23 Å². The highest BCUT2D eigenvalue weighted by Gasteiger charge is 2.45. The number of ether oxygens (including phenoxy) is 2. The highest BCUT2D eigenvalue weighted by molar-refractivity contribution is 5.77. The predicted octanol–water partition coefficient (Wildman–Crippen LogP) is 1.52. The van der Waals surface area contributed by atoms with Gasteiger partial charge in [-0.3, -0.25) is 0 Å².